The molecule has 0 radical (unpaired) electrons. The van der Waals surface area contributed by atoms with Gasteiger partial charge in [0.2, 0.25) is 0 Å². The number of halogens is 3. The van der Waals surface area contributed by atoms with Crippen molar-refractivity contribution in [3.63, 3.8) is 0 Å². The van der Waals surface area contributed by atoms with Gasteiger partial charge in [0.1, 0.15) is 0 Å². The summed E-state index contributed by atoms with van der Waals surface area (Å²) in [6, 6.07) is 15.6. The average Bonchev–Trinajstić information content (AvgIpc) is 2.74. The van der Waals surface area contributed by atoms with Crippen LogP contribution < -0.4 is 5.19 Å². The second kappa shape index (κ2) is 8.73. The van der Waals surface area contributed by atoms with Crippen LogP contribution in [0, 0.1) is 13.8 Å². The van der Waals surface area contributed by atoms with Crippen molar-refractivity contribution in [3.8, 4) is 0 Å². The minimum atomic E-state index is -0.377. The summed E-state index contributed by atoms with van der Waals surface area (Å²) in [7, 11) is -0.377. The standard InChI is InChI=1S/C17H17Si.3ClH.Ti/c1-12-6-5-9-16(13(12)2)18-17-11-10-14-7-3-4-8-15(14)17;;;;/h3-11H,18H2,1-2H3;3*1H;. The Balaban J connectivity index is 0.00000147. The van der Waals surface area contributed by atoms with Crippen molar-refractivity contribution in [2.24, 2.45) is 0 Å². The zero-order valence-corrected chi connectivity index (χ0v) is 18.1. The Bertz CT molecular complexity index is 673. The van der Waals surface area contributed by atoms with Gasteiger partial charge in [-0.25, -0.2) is 0 Å². The molecule has 117 valence electrons. The summed E-state index contributed by atoms with van der Waals surface area (Å²) in [4.78, 5) is 0. The molecule has 2 aromatic rings. The largest absolute Gasteiger partial charge is 0.147 e. The minimum Gasteiger partial charge on any atom is -0.147 e. The third-order valence-electron chi connectivity index (χ3n) is 4.17. The first kappa shape index (κ1) is 22.0. The molecule has 0 N–H and O–H groups in total. The SMILES string of the molecule is Cc1cccc([SiH2][C]2([Ti])C=Cc3ccccc32)c1C.Cl.Cl.Cl. The van der Waals surface area contributed by atoms with Crippen LogP contribution in [0.2, 0.25) is 0 Å². The molecule has 0 spiro atoms. The third-order valence-corrected chi connectivity index (χ3v) is 8.01. The van der Waals surface area contributed by atoms with Crippen molar-refractivity contribution in [1.82, 2.24) is 0 Å². The molecule has 5 heteroatoms. The van der Waals surface area contributed by atoms with Gasteiger partial charge in [-0.15, -0.1) is 37.2 Å². The van der Waals surface area contributed by atoms with Gasteiger partial charge in [0, 0.05) is 0 Å². The smallest absolute Gasteiger partial charge is 0.147 e. The van der Waals surface area contributed by atoms with Crippen LogP contribution in [0.1, 0.15) is 22.3 Å². The molecule has 0 fully saturated rings. The van der Waals surface area contributed by atoms with Crippen molar-refractivity contribution in [3.05, 3.63) is 70.8 Å². The first-order valence-corrected chi connectivity index (χ1v) is 8.88. The molecule has 22 heavy (non-hydrogen) atoms. The molecule has 0 heterocycles. The van der Waals surface area contributed by atoms with Crippen LogP contribution in [-0.2, 0) is 23.8 Å². The summed E-state index contributed by atoms with van der Waals surface area (Å²) in [6.07, 6.45) is 4.72. The van der Waals surface area contributed by atoms with Crippen molar-refractivity contribution < 1.29 is 20.4 Å². The summed E-state index contributed by atoms with van der Waals surface area (Å²) in [5.41, 5.74) is 5.84. The molecule has 0 bridgehead atoms. The molecule has 0 saturated heterocycles. The van der Waals surface area contributed by atoms with Gasteiger partial charge in [-0.05, 0) is 0 Å². The van der Waals surface area contributed by atoms with Gasteiger partial charge in [0.15, 0.2) is 0 Å². The maximum Gasteiger partial charge on any atom is -0.147 e. The van der Waals surface area contributed by atoms with E-state index in [0.717, 1.165) is 0 Å². The van der Waals surface area contributed by atoms with E-state index in [2.05, 4.69) is 88.9 Å². The van der Waals surface area contributed by atoms with Crippen LogP contribution in [0.4, 0.5) is 0 Å². The van der Waals surface area contributed by atoms with Gasteiger partial charge >= 0.3 is 129 Å². The number of hydrogen-bond acceptors (Lipinski definition) is 0. The molecule has 1 unspecified atom stereocenters. The Labute approximate surface area is 165 Å². The fourth-order valence-corrected chi connectivity index (χ4v) is 6.35. The average molecular weight is 407 g/mol. The van der Waals surface area contributed by atoms with E-state index in [4.69, 9.17) is 0 Å². The Hall–Kier alpha value is -0.0188. The quantitative estimate of drug-likeness (QED) is 0.666. The zero-order chi connectivity index (χ0) is 13.5. The molecule has 1 aliphatic rings. The van der Waals surface area contributed by atoms with E-state index in [9.17, 15) is 0 Å². The Kier molecular flexibility index (Phi) is 8.72. The Morgan fingerprint density at radius 2 is 1.59 bits per heavy atom. The zero-order valence-electron chi connectivity index (χ0n) is 12.6. The molecule has 1 atom stereocenters. The number of benzene rings is 2. The number of hydrogen-bond donors (Lipinski definition) is 0. The van der Waals surface area contributed by atoms with Crippen LogP contribution in [0.25, 0.3) is 6.08 Å². The summed E-state index contributed by atoms with van der Waals surface area (Å²) in [5.74, 6) is 0. The first-order chi connectivity index (χ1) is 9.10. The summed E-state index contributed by atoms with van der Waals surface area (Å²) < 4.78 is 0.273. The molecule has 3 rings (SSSR count). The minimum absolute atomic E-state index is 0. The van der Waals surface area contributed by atoms with Crippen molar-refractivity contribution in [2.45, 2.75) is 17.2 Å². The molecule has 2 aromatic carbocycles. The van der Waals surface area contributed by atoms with E-state index in [0.29, 0.717) is 0 Å². The second-order valence-electron chi connectivity index (χ2n) is 5.43. The molecule has 0 aliphatic heterocycles. The maximum atomic E-state index is 2.42. The number of aryl methyl sites for hydroxylation is 1. The molecular formula is C17H20Cl3SiTi. The van der Waals surface area contributed by atoms with Gasteiger partial charge in [0.05, 0.1) is 0 Å². The summed E-state index contributed by atoms with van der Waals surface area (Å²) >= 11 is 2.41. The van der Waals surface area contributed by atoms with Crippen LogP contribution in [0.15, 0.2) is 48.5 Å². The van der Waals surface area contributed by atoms with Crippen LogP contribution in [0.5, 0.6) is 0 Å². The summed E-state index contributed by atoms with van der Waals surface area (Å²) in [5, 5.41) is 1.60. The number of rotatable bonds is 2. The van der Waals surface area contributed by atoms with Gasteiger partial charge in [-0.3, -0.25) is 0 Å². The predicted molar refractivity (Wildman–Crippen MR) is 103 cm³/mol. The molecule has 1 aliphatic carbocycles. The fraction of sp³-hybridized carbons (Fsp3) is 0.176. The van der Waals surface area contributed by atoms with E-state index < -0.39 is 0 Å². The van der Waals surface area contributed by atoms with E-state index in [1.807, 2.05) is 0 Å². The first-order valence-electron chi connectivity index (χ1n) is 6.69. The van der Waals surface area contributed by atoms with E-state index in [1.165, 1.54) is 22.3 Å². The predicted octanol–water partition coefficient (Wildman–Crippen LogP) is 3.79. The Morgan fingerprint density at radius 3 is 2.32 bits per heavy atom. The van der Waals surface area contributed by atoms with Crippen LogP contribution in [-0.4, -0.2) is 9.52 Å². The maximum absolute atomic E-state index is 2.42. The van der Waals surface area contributed by atoms with Crippen molar-refractivity contribution >= 4 is 58.0 Å². The molecule has 0 nitrogen and oxygen atoms in total. The topological polar surface area (TPSA) is 0 Å². The van der Waals surface area contributed by atoms with E-state index in [-0.39, 0.29) is 50.1 Å². The normalized spacial score (nSPS) is 18.2. The Morgan fingerprint density at radius 1 is 0.909 bits per heavy atom. The van der Waals surface area contributed by atoms with E-state index in [1.54, 1.807) is 5.19 Å². The molecular weight excluding hydrogens is 386 g/mol. The van der Waals surface area contributed by atoms with Gasteiger partial charge in [-0.1, -0.05) is 0 Å². The van der Waals surface area contributed by atoms with E-state index >= 15 is 0 Å². The van der Waals surface area contributed by atoms with Crippen LogP contribution >= 0.6 is 37.2 Å². The molecule has 0 aromatic heterocycles. The van der Waals surface area contributed by atoms with Gasteiger partial charge < -0.3 is 0 Å². The third kappa shape index (κ3) is 4.08. The monoisotopic (exact) mass is 405 g/mol. The number of fused-ring (bicyclic) bond motifs is 1. The fourth-order valence-electron chi connectivity index (χ4n) is 2.83. The molecule has 0 amide bonds. The van der Waals surface area contributed by atoms with Crippen molar-refractivity contribution in [1.29, 1.82) is 0 Å². The van der Waals surface area contributed by atoms with Crippen LogP contribution in [0.3, 0.4) is 0 Å². The number of allylic oxidation sites excluding steroid dienone is 1. The summed E-state index contributed by atoms with van der Waals surface area (Å²) in [6.45, 7) is 4.49. The van der Waals surface area contributed by atoms with Gasteiger partial charge in [-0.2, -0.15) is 0 Å². The molecule has 0 saturated carbocycles. The van der Waals surface area contributed by atoms with Crippen molar-refractivity contribution in [2.75, 3.05) is 0 Å². The second-order valence-corrected chi connectivity index (χ2v) is 10.2. The van der Waals surface area contributed by atoms with Gasteiger partial charge in [0.25, 0.3) is 0 Å².